The Kier molecular flexibility index (Phi) is 6.80. The molecule has 0 aromatic heterocycles. The Morgan fingerprint density at radius 1 is 1.43 bits per heavy atom. The molecule has 1 saturated heterocycles. The number of quaternary nitrogens is 1. The molecular weight excluding hydrogens is 363 g/mol. The number of benzene rings is 1. The van der Waals surface area contributed by atoms with Crippen LogP contribution < -0.4 is 23.5 Å². The van der Waals surface area contributed by atoms with Gasteiger partial charge in [-0.15, -0.1) is 0 Å². The van der Waals surface area contributed by atoms with Crippen LogP contribution in [0.25, 0.3) is 0 Å². The average Bonchev–Trinajstić information content (AvgIpc) is 2.46. The van der Waals surface area contributed by atoms with E-state index in [0.717, 1.165) is 26.2 Å². The Balaban J connectivity index is 0.00000264. The van der Waals surface area contributed by atoms with Crippen molar-refractivity contribution in [2.24, 2.45) is 0 Å². The lowest BCUT2D eigenvalue weighted by molar-refractivity contribution is -0.905. The van der Waals surface area contributed by atoms with E-state index < -0.39 is 0 Å². The third-order valence-electron chi connectivity index (χ3n) is 4.07. The van der Waals surface area contributed by atoms with Crippen molar-refractivity contribution in [2.45, 2.75) is 0 Å². The topological polar surface area (TPSA) is 78.6 Å². The van der Waals surface area contributed by atoms with Gasteiger partial charge >= 0.3 is 0 Å². The molecule has 0 bridgehead atoms. The summed E-state index contributed by atoms with van der Waals surface area (Å²) < 4.78 is 0.660. The third kappa shape index (κ3) is 4.78. The number of nitrogens with zero attached hydrogens (tertiary/aromatic N) is 2. The van der Waals surface area contributed by atoms with Crippen LogP contribution in [0, 0.1) is 0 Å². The molecule has 1 fully saturated rings. The molecule has 9 heteroatoms. The van der Waals surface area contributed by atoms with Gasteiger partial charge in [0, 0.05) is 13.1 Å². The van der Waals surface area contributed by atoms with E-state index >= 15 is 0 Å². The van der Waals surface area contributed by atoms with Crippen molar-refractivity contribution >= 4 is 40.5 Å². The lowest BCUT2D eigenvalue weighted by atomic mass is 10.2. The van der Waals surface area contributed by atoms with Gasteiger partial charge in [-0.05, 0) is 13.1 Å². The summed E-state index contributed by atoms with van der Waals surface area (Å²) in [5, 5.41) is 12.8. The molecule has 1 aromatic rings. The number of nitrogen functional groups attached to an aromatic ring is 1. The summed E-state index contributed by atoms with van der Waals surface area (Å²) >= 11 is 11.8. The minimum Gasteiger partial charge on any atom is -1.00 e. The predicted molar refractivity (Wildman–Crippen MR) is 89.5 cm³/mol. The maximum atomic E-state index is 12.3. The number of hydrogen-bond acceptors (Lipinski definition) is 4. The molecule has 0 atom stereocenters. The molecule has 130 valence electrons. The van der Waals surface area contributed by atoms with Gasteiger partial charge < -0.3 is 33.0 Å². The molecule has 4 N–H and O–H groups in total. The zero-order chi connectivity index (χ0) is 16.5. The van der Waals surface area contributed by atoms with Gasteiger partial charge in [0.15, 0.2) is 12.3 Å². The molecule has 1 heterocycles. The Labute approximate surface area is 152 Å². The van der Waals surface area contributed by atoms with E-state index in [2.05, 4.69) is 24.3 Å². The number of phenolic OH excluding ortho intramolecular Hbond substituents is 1. The smallest absolute Gasteiger partial charge is 0.279 e. The minimum absolute atomic E-state index is 0. The van der Waals surface area contributed by atoms with Gasteiger partial charge in [-0.1, -0.05) is 23.2 Å². The van der Waals surface area contributed by atoms with Gasteiger partial charge in [-0.25, -0.2) is 0 Å². The van der Waals surface area contributed by atoms with E-state index in [1.54, 1.807) is 0 Å². The first-order chi connectivity index (χ1) is 10.2. The van der Waals surface area contributed by atoms with Crippen molar-refractivity contribution in [3.8, 4) is 5.75 Å². The van der Waals surface area contributed by atoms with Crippen molar-refractivity contribution in [3.05, 3.63) is 16.1 Å². The first-order valence-corrected chi connectivity index (χ1v) is 7.76. The molecule has 6 nitrogen and oxygen atoms in total. The number of nitrogens with two attached hydrogens (primary N) is 1. The van der Waals surface area contributed by atoms with Crippen molar-refractivity contribution < 1.29 is 26.8 Å². The van der Waals surface area contributed by atoms with E-state index in [4.69, 9.17) is 28.9 Å². The lowest BCUT2D eigenvalue weighted by Crippen LogP contribution is -3.00. The molecule has 2 rings (SSSR count). The van der Waals surface area contributed by atoms with Crippen LogP contribution in [0.2, 0.25) is 10.0 Å². The minimum atomic E-state index is -0.266. The molecule has 1 aromatic carbocycles. The van der Waals surface area contributed by atoms with Gasteiger partial charge in [0.25, 0.3) is 5.91 Å². The molecule has 0 aliphatic carbocycles. The van der Waals surface area contributed by atoms with Gasteiger partial charge in [0.05, 0.1) is 36.5 Å². The Morgan fingerprint density at radius 2 is 2.00 bits per heavy atom. The number of amides is 1. The van der Waals surface area contributed by atoms with Gasteiger partial charge in [0.1, 0.15) is 5.02 Å². The van der Waals surface area contributed by atoms with Gasteiger partial charge in [-0.2, -0.15) is 0 Å². The predicted octanol–water partition coefficient (Wildman–Crippen LogP) is -1.38. The van der Waals surface area contributed by atoms with Crippen LogP contribution in [0.15, 0.2) is 6.07 Å². The van der Waals surface area contributed by atoms with E-state index in [9.17, 15) is 9.90 Å². The fourth-order valence-corrected chi connectivity index (χ4v) is 2.92. The summed E-state index contributed by atoms with van der Waals surface area (Å²) in [5.41, 5.74) is 5.89. The Morgan fingerprint density at radius 3 is 2.57 bits per heavy atom. The molecule has 0 unspecified atom stereocenters. The van der Waals surface area contributed by atoms with Crippen LogP contribution in [-0.2, 0) is 4.79 Å². The van der Waals surface area contributed by atoms with Crippen molar-refractivity contribution in [3.63, 3.8) is 0 Å². The van der Waals surface area contributed by atoms with Crippen molar-refractivity contribution in [2.75, 3.05) is 57.9 Å². The molecule has 23 heavy (non-hydrogen) atoms. The second kappa shape index (κ2) is 7.77. The third-order valence-corrected chi connectivity index (χ3v) is 4.77. The Bertz CT molecular complexity index is 590. The van der Waals surface area contributed by atoms with Gasteiger partial charge in [0.2, 0.25) is 0 Å². The molecule has 1 aliphatic rings. The molecule has 0 saturated carbocycles. The highest BCUT2D eigenvalue weighted by Crippen LogP contribution is 2.41. The number of anilines is 2. The first-order valence-electron chi connectivity index (χ1n) is 7.00. The summed E-state index contributed by atoms with van der Waals surface area (Å²) in [4.78, 5) is 14.5. The number of phenols is 1. The normalized spacial score (nSPS) is 17.4. The number of likely N-dealkylation sites (N-methyl/N-ethyl adjacent to an activating group) is 2. The highest BCUT2D eigenvalue weighted by Gasteiger charge is 2.30. The maximum absolute atomic E-state index is 12.3. The zero-order valence-electron chi connectivity index (χ0n) is 13.1. The molecule has 0 radical (unpaired) electrons. The summed E-state index contributed by atoms with van der Waals surface area (Å²) in [6, 6.07) is 1.40. The molecule has 1 aliphatic heterocycles. The molecule has 1 amide bonds. The van der Waals surface area contributed by atoms with E-state index in [-0.39, 0.29) is 45.5 Å². The van der Waals surface area contributed by atoms with Crippen LogP contribution in [0.1, 0.15) is 0 Å². The summed E-state index contributed by atoms with van der Waals surface area (Å²) in [6.07, 6.45) is 0. The number of nitrogens with one attached hydrogen (secondary N) is 1. The fraction of sp³-hybridized carbons (Fsp3) is 0.500. The van der Waals surface area contributed by atoms with Crippen LogP contribution in [0.5, 0.6) is 5.75 Å². The second-order valence-electron chi connectivity index (χ2n) is 6.06. The lowest BCUT2D eigenvalue weighted by Gasteiger charge is -2.40. The highest BCUT2D eigenvalue weighted by molar-refractivity contribution is 6.40. The SMILES string of the molecule is CN1CC[N+](C)(CC(=O)Nc2cc(Cl)c(N)c(Cl)c2O)CC1.[Cl-]. The first kappa shape index (κ1) is 20.1. The van der Waals surface area contributed by atoms with E-state index in [1.807, 2.05) is 0 Å². The monoisotopic (exact) mass is 382 g/mol. The Hall–Kier alpha value is -0.920. The number of halogens is 3. The van der Waals surface area contributed by atoms with Crippen LogP contribution in [0.4, 0.5) is 11.4 Å². The standard InChI is InChI=1S/C14H20Cl2N4O2.ClH/c1-19-3-5-20(2,6-4-19)8-11(21)18-10-7-9(15)13(17)12(16)14(10)22;/h7H,3-6,8,17H2,1-2H3,(H-,18,21,22);1H. The number of carbonyl (C=O) groups is 1. The van der Waals surface area contributed by atoms with Crippen molar-refractivity contribution in [1.29, 1.82) is 0 Å². The number of rotatable bonds is 3. The number of hydrogen-bond donors (Lipinski definition) is 3. The quantitative estimate of drug-likeness (QED) is 0.341. The summed E-state index contributed by atoms with van der Waals surface area (Å²) in [5.74, 6) is -0.461. The molecule has 0 spiro atoms. The number of carbonyl (C=O) groups excluding carboxylic acids is 1. The second-order valence-corrected chi connectivity index (χ2v) is 6.84. The van der Waals surface area contributed by atoms with Crippen LogP contribution >= 0.6 is 23.2 Å². The summed E-state index contributed by atoms with van der Waals surface area (Å²) in [6.45, 7) is 4.04. The number of piperazine rings is 1. The highest BCUT2D eigenvalue weighted by atomic mass is 35.5. The average molecular weight is 384 g/mol. The maximum Gasteiger partial charge on any atom is 0.279 e. The summed E-state index contributed by atoms with van der Waals surface area (Å²) in [7, 11) is 4.12. The van der Waals surface area contributed by atoms with E-state index in [0.29, 0.717) is 11.0 Å². The zero-order valence-corrected chi connectivity index (χ0v) is 15.3. The van der Waals surface area contributed by atoms with Crippen LogP contribution in [-0.4, -0.2) is 67.2 Å². The molecular formula is C14H21Cl3N4O2. The fourth-order valence-electron chi connectivity index (χ4n) is 2.46. The number of aromatic hydroxyl groups is 1. The van der Waals surface area contributed by atoms with Crippen molar-refractivity contribution in [1.82, 2.24) is 4.90 Å². The van der Waals surface area contributed by atoms with E-state index in [1.165, 1.54) is 6.07 Å². The van der Waals surface area contributed by atoms with Gasteiger partial charge in [-0.3, -0.25) is 9.69 Å². The van der Waals surface area contributed by atoms with Crippen LogP contribution in [0.3, 0.4) is 0 Å². The largest absolute Gasteiger partial charge is 1.00 e.